The highest BCUT2D eigenvalue weighted by Crippen LogP contribution is 2.38. The second kappa shape index (κ2) is 9.05. The van der Waals surface area contributed by atoms with Gasteiger partial charge in [0.05, 0.1) is 16.6 Å². The van der Waals surface area contributed by atoms with Gasteiger partial charge in [0.15, 0.2) is 4.90 Å². The van der Waals surface area contributed by atoms with Crippen molar-refractivity contribution >= 4 is 52.0 Å². The highest BCUT2D eigenvalue weighted by Gasteiger charge is 2.28. The molecule has 0 saturated carbocycles. The maximum atomic E-state index is 12.7. The number of anilines is 3. The molecule has 0 bridgehead atoms. The number of amides is 2. The van der Waals surface area contributed by atoms with Crippen molar-refractivity contribution in [3.8, 4) is 0 Å². The van der Waals surface area contributed by atoms with Gasteiger partial charge in [-0.15, -0.1) is 11.8 Å². The first-order valence-corrected chi connectivity index (χ1v) is 11.7. The SMILES string of the molecule is C[C@H]1Sc2ccc(C(=O)Nc3ccc([S+]([O-])Nc4ccccc4)cc3)cc2N(C)C1=O. The molecule has 0 saturated heterocycles. The van der Waals surface area contributed by atoms with Crippen LogP contribution in [-0.4, -0.2) is 28.7 Å². The molecular formula is C23H21N3O3S2. The largest absolute Gasteiger partial charge is 0.588 e. The molecule has 0 spiro atoms. The van der Waals surface area contributed by atoms with Gasteiger partial charge in [0.2, 0.25) is 5.91 Å². The molecule has 2 N–H and O–H groups in total. The predicted molar refractivity (Wildman–Crippen MR) is 126 cm³/mol. The van der Waals surface area contributed by atoms with E-state index in [0.29, 0.717) is 16.1 Å². The van der Waals surface area contributed by atoms with E-state index in [9.17, 15) is 14.1 Å². The van der Waals surface area contributed by atoms with Crippen molar-refractivity contribution in [2.24, 2.45) is 0 Å². The number of thioether (sulfide) groups is 1. The molecule has 1 aliphatic rings. The molecule has 3 aromatic carbocycles. The summed E-state index contributed by atoms with van der Waals surface area (Å²) in [6.45, 7) is 1.87. The number of benzene rings is 3. The van der Waals surface area contributed by atoms with Gasteiger partial charge >= 0.3 is 0 Å². The number of carbonyl (C=O) groups excluding carboxylic acids is 2. The number of hydrogen-bond donors (Lipinski definition) is 2. The lowest BCUT2D eigenvalue weighted by Crippen LogP contribution is -2.36. The van der Waals surface area contributed by atoms with E-state index in [2.05, 4.69) is 10.0 Å². The third-order valence-electron chi connectivity index (χ3n) is 4.88. The summed E-state index contributed by atoms with van der Waals surface area (Å²) in [6, 6.07) is 21.5. The highest BCUT2D eigenvalue weighted by atomic mass is 32.2. The van der Waals surface area contributed by atoms with Gasteiger partial charge in [0, 0.05) is 23.2 Å². The summed E-state index contributed by atoms with van der Waals surface area (Å²) in [5.74, 6) is -0.258. The molecule has 31 heavy (non-hydrogen) atoms. The fraction of sp³-hybridized carbons (Fsp3) is 0.130. The molecule has 2 atom stereocenters. The van der Waals surface area contributed by atoms with Crippen LogP contribution in [0.2, 0.25) is 0 Å². The van der Waals surface area contributed by atoms with E-state index >= 15 is 0 Å². The number of nitrogens with one attached hydrogen (secondary N) is 2. The van der Waals surface area contributed by atoms with Gasteiger partial charge in [0.25, 0.3) is 5.91 Å². The van der Waals surface area contributed by atoms with Crippen LogP contribution in [0.5, 0.6) is 0 Å². The summed E-state index contributed by atoms with van der Waals surface area (Å²) in [5.41, 5.74) is 2.56. The van der Waals surface area contributed by atoms with Crippen molar-refractivity contribution in [3.05, 3.63) is 78.4 Å². The van der Waals surface area contributed by atoms with E-state index < -0.39 is 11.4 Å². The minimum absolute atomic E-state index is 0.0164. The van der Waals surface area contributed by atoms with Crippen molar-refractivity contribution in [2.75, 3.05) is 22.0 Å². The first-order chi connectivity index (χ1) is 14.9. The Bertz CT molecular complexity index is 1110. The molecule has 4 rings (SSSR count). The van der Waals surface area contributed by atoms with Crippen molar-refractivity contribution in [3.63, 3.8) is 0 Å². The maximum absolute atomic E-state index is 12.7. The second-order valence-corrected chi connectivity index (χ2v) is 9.65. The quantitative estimate of drug-likeness (QED) is 0.557. The van der Waals surface area contributed by atoms with E-state index in [4.69, 9.17) is 0 Å². The van der Waals surface area contributed by atoms with Crippen molar-refractivity contribution < 1.29 is 14.1 Å². The Kier molecular flexibility index (Phi) is 6.22. The summed E-state index contributed by atoms with van der Waals surface area (Å²) < 4.78 is 15.4. The van der Waals surface area contributed by atoms with E-state index in [1.54, 1.807) is 48.3 Å². The molecule has 0 fully saturated rings. The number of carbonyl (C=O) groups is 2. The topological polar surface area (TPSA) is 84.5 Å². The van der Waals surface area contributed by atoms with Crippen LogP contribution in [0.1, 0.15) is 17.3 Å². The normalized spacial score (nSPS) is 16.4. The molecule has 2 amide bonds. The lowest BCUT2D eigenvalue weighted by molar-refractivity contribution is -0.117. The Hall–Kier alpha value is -2.94. The molecular weight excluding hydrogens is 430 g/mol. The van der Waals surface area contributed by atoms with Gasteiger partial charge < -0.3 is 14.8 Å². The Labute approximate surface area is 188 Å². The first kappa shape index (κ1) is 21.3. The van der Waals surface area contributed by atoms with Crippen LogP contribution in [0, 0.1) is 0 Å². The summed E-state index contributed by atoms with van der Waals surface area (Å²) >= 11 is 0.0893. The highest BCUT2D eigenvalue weighted by molar-refractivity contribution is 8.01. The number of fused-ring (bicyclic) bond motifs is 1. The minimum atomic E-state index is -1.41. The Morgan fingerprint density at radius 1 is 1.03 bits per heavy atom. The zero-order valence-electron chi connectivity index (χ0n) is 17.0. The molecule has 0 aliphatic carbocycles. The minimum Gasteiger partial charge on any atom is -0.588 e. The number of nitrogens with zero attached hydrogens (tertiary/aromatic N) is 1. The number of para-hydroxylation sites is 1. The van der Waals surface area contributed by atoms with Crippen LogP contribution in [0.15, 0.2) is 82.6 Å². The molecule has 1 aliphatic heterocycles. The third-order valence-corrected chi connectivity index (χ3v) is 7.15. The van der Waals surface area contributed by atoms with Crippen molar-refractivity contribution in [2.45, 2.75) is 22.0 Å². The number of rotatable bonds is 5. The van der Waals surface area contributed by atoms with Crippen molar-refractivity contribution in [1.82, 2.24) is 0 Å². The van der Waals surface area contributed by atoms with E-state index in [0.717, 1.165) is 16.3 Å². The van der Waals surface area contributed by atoms with Crippen molar-refractivity contribution in [1.29, 1.82) is 0 Å². The monoisotopic (exact) mass is 451 g/mol. The van der Waals surface area contributed by atoms with E-state index in [1.165, 1.54) is 11.8 Å². The fourth-order valence-corrected chi connectivity index (χ4v) is 5.14. The molecule has 0 aromatic heterocycles. The lowest BCUT2D eigenvalue weighted by Gasteiger charge is -2.29. The zero-order valence-corrected chi connectivity index (χ0v) is 18.6. The molecule has 0 radical (unpaired) electrons. The van der Waals surface area contributed by atoms with Gasteiger partial charge in [-0.3, -0.25) is 9.59 Å². The Morgan fingerprint density at radius 2 is 1.74 bits per heavy atom. The summed E-state index contributed by atoms with van der Waals surface area (Å²) in [5, 5.41) is 2.71. The summed E-state index contributed by atoms with van der Waals surface area (Å²) in [7, 11) is 1.72. The van der Waals surface area contributed by atoms with E-state index in [-0.39, 0.29) is 17.1 Å². The molecule has 1 heterocycles. The van der Waals surface area contributed by atoms with Crippen LogP contribution >= 0.6 is 11.8 Å². The maximum Gasteiger partial charge on any atom is 0.255 e. The lowest BCUT2D eigenvalue weighted by atomic mass is 10.1. The Balaban J connectivity index is 1.44. The smallest absolute Gasteiger partial charge is 0.255 e. The Morgan fingerprint density at radius 3 is 2.45 bits per heavy atom. The fourth-order valence-electron chi connectivity index (χ4n) is 3.19. The average Bonchev–Trinajstić information content (AvgIpc) is 2.78. The predicted octanol–water partition coefficient (Wildman–Crippen LogP) is 4.53. The van der Waals surface area contributed by atoms with Crippen LogP contribution < -0.4 is 14.9 Å². The van der Waals surface area contributed by atoms with Gasteiger partial charge in [-0.25, -0.2) is 4.72 Å². The summed E-state index contributed by atoms with van der Waals surface area (Å²) in [4.78, 5) is 28.1. The molecule has 6 nitrogen and oxygen atoms in total. The van der Waals surface area contributed by atoms with Crippen LogP contribution in [0.25, 0.3) is 0 Å². The first-order valence-electron chi connectivity index (χ1n) is 9.65. The molecule has 3 aromatic rings. The van der Waals surface area contributed by atoms with Gasteiger partial charge in [-0.2, -0.15) is 0 Å². The molecule has 158 valence electrons. The average molecular weight is 452 g/mol. The zero-order chi connectivity index (χ0) is 22.0. The summed E-state index contributed by atoms with van der Waals surface area (Å²) in [6.07, 6.45) is 0. The van der Waals surface area contributed by atoms with E-state index in [1.807, 2.05) is 43.3 Å². The van der Waals surface area contributed by atoms with Crippen LogP contribution in [-0.2, 0) is 16.2 Å². The van der Waals surface area contributed by atoms with Gasteiger partial charge in [-0.05, 0) is 61.5 Å². The van der Waals surface area contributed by atoms with Crippen LogP contribution in [0.3, 0.4) is 0 Å². The standard InChI is InChI=1S/C23H21N3O3S2/c1-15-23(28)26(2)20-14-16(8-13-21(20)30-15)22(27)24-17-9-11-19(12-10-17)31(29)25-18-6-4-3-5-7-18/h3-15,25H,1-2H3,(H,24,27)/t15-,31?/m1/s1. The molecule has 1 unspecified atom stereocenters. The van der Waals surface area contributed by atoms with Gasteiger partial charge in [0.1, 0.15) is 11.4 Å². The second-order valence-electron chi connectivity index (χ2n) is 7.06. The number of hydrogen-bond acceptors (Lipinski definition) is 5. The molecule has 8 heteroatoms. The van der Waals surface area contributed by atoms with Crippen LogP contribution in [0.4, 0.5) is 17.1 Å². The third kappa shape index (κ3) is 4.71. The van der Waals surface area contributed by atoms with Gasteiger partial charge in [-0.1, -0.05) is 18.2 Å².